The summed E-state index contributed by atoms with van der Waals surface area (Å²) in [5.74, 6) is -0.692. The van der Waals surface area contributed by atoms with Crippen LogP contribution in [-0.4, -0.2) is 17.7 Å². The van der Waals surface area contributed by atoms with Crippen molar-refractivity contribution in [2.45, 2.75) is 13.0 Å². The van der Waals surface area contributed by atoms with Crippen LogP contribution < -0.4 is 16.8 Å². The molecule has 4 rings (SSSR count). The summed E-state index contributed by atoms with van der Waals surface area (Å²) in [5.41, 5.74) is 15.1. The first-order valence-corrected chi connectivity index (χ1v) is 10.5. The Morgan fingerprint density at radius 3 is 2.47 bits per heavy atom. The molecule has 0 radical (unpaired) electrons. The fourth-order valence-corrected chi connectivity index (χ4v) is 3.79. The van der Waals surface area contributed by atoms with Gasteiger partial charge in [0.05, 0.1) is 16.8 Å². The Bertz CT molecular complexity index is 1360. The van der Waals surface area contributed by atoms with E-state index in [4.69, 9.17) is 39.1 Å². The van der Waals surface area contributed by atoms with E-state index < -0.39 is 11.8 Å². The Hall–Kier alpha value is -3.32. The highest BCUT2D eigenvalue weighted by atomic mass is 35.5. The molecule has 0 spiro atoms. The van der Waals surface area contributed by atoms with E-state index in [0.717, 1.165) is 11.1 Å². The lowest BCUT2D eigenvalue weighted by Crippen LogP contribution is -2.32. The van der Waals surface area contributed by atoms with E-state index in [1.165, 1.54) is 12.1 Å². The standard InChI is InChI=1S/C24H19Cl2N3O3/c1-12(27)24(31)29-16-4-2-3-13(9-16)14-5-7-18-20(10-14)32-23(21(18)28)22(30)17-8-6-15(25)11-19(17)26/h2-12H,27-28H2,1H3,(H,29,31)/t12-/m1/s1. The number of ketones is 1. The third-order valence-electron chi connectivity index (χ3n) is 4.99. The Morgan fingerprint density at radius 1 is 1.00 bits per heavy atom. The molecule has 1 heterocycles. The monoisotopic (exact) mass is 467 g/mol. The van der Waals surface area contributed by atoms with Crippen molar-refractivity contribution < 1.29 is 14.0 Å². The smallest absolute Gasteiger partial charge is 0.240 e. The van der Waals surface area contributed by atoms with Crippen LogP contribution in [0.5, 0.6) is 0 Å². The van der Waals surface area contributed by atoms with E-state index in [-0.39, 0.29) is 27.9 Å². The number of nitrogens with two attached hydrogens (primary N) is 2. The van der Waals surface area contributed by atoms with Crippen molar-refractivity contribution in [2.24, 2.45) is 5.73 Å². The van der Waals surface area contributed by atoms with Gasteiger partial charge in [-0.1, -0.05) is 41.4 Å². The fourth-order valence-electron chi connectivity index (χ4n) is 3.29. The summed E-state index contributed by atoms with van der Waals surface area (Å²) in [6.07, 6.45) is 0. The number of hydrogen-bond acceptors (Lipinski definition) is 5. The SMILES string of the molecule is C[C@@H](N)C(=O)Nc1cccc(-c2ccc3c(N)c(C(=O)c4ccc(Cl)cc4Cl)oc3c2)c1. The number of anilines is 2. The molecule has 3 aromatic carbocycles. The van der Waals surface area contributed by atoms with E-state index in [0.29, 0.717) is 21.7 Å². The van der Waals surface area contributed by atoms with E-state index in [9.17, 15) is 9.59 Å². The van der Waals surface area contributed by atoms with E-state index in [2.05, 4.69) is 5.32 Å². The molecule has 1 amide bonds. The number of furan rings is 1. The molecule has 4 aromatic rings. The minimum atomic E-state index is -0.619. The second kappa shape index (κ2) is 8.67. The van der Waals surface area contributed by atoms with E-state index >= 15 is 0 Å². The van der Waals surface area contributed by atoms with Gasteiger partial charge in [-0.3, -0.25) is 9.59 Å². The first-order chi connectivity index (χ1) is 15.2. The van der Waals surface area contributed by atoms with Gasteiger partial charge in [0.1, 0.15) is 5.58 Å². The number of carbonyl (C=O) groups excluding carboxylic acids is 2. The highest BCUT2D eigenvalue weighted by Crippen LogP contribution is 2.35. The molecule has 6 nitrogen and oxygen atoms in total. The van der Waals surface area contributed by atoms with Crippen molar-refractivity contribution in [2.75, 3.05) is 11.1 Å². The topological polar surface area (TPSA) is 111 Å². The molecule has 32 heavy (non-hydrogen) atoms. The second-order valence-corrected chi connectivity index (χ2v) is 8.21. The van der Waals surface area contributed by atoms with Crippen LogP contribution in [-0.2, 0) is 4.79 Å². The van der Waals surface area contributed by atoms with Gasteiger partial charge >= 0.3 is 0 Å². The van der Waals surface area contributed by atoms with Crippen LogP contribution in [0.15, 0.2) is 65.1 Å². The lowest BCUT2D eigenvalue weighted by atomic mass is 10.0. The second-order valence-electron chi connectivity index (χ2n) is 7.37. The minimum Gasteiger partial charge on any atom is -0.450 e. The number of nitrogen functional groups attached to an aromatic ring is 1. The lowest BCUT2D eigenvalue weighted by molar-refractivity contribution is -0.117. The number of hydrogen-bond donors (Lipinski definition) is 3. The van der Waals surface area contributed by atoms with Gasteiger partial charge in [-0.2, -0.15) is 0 Å². The average Bonchev–Trinajstić information content (AvgIpc) is 3.09. The number of nitrogens with one attached hydrogen (secondary N) is 1. The minimum absolute atomic E-state index is 0.0133. The van der Waals surface area contributed by atoms with Crippen molar-refractivity contribution in [3.05, 3.63) is 82.0 Å². The number of benzene rings is 3. The predicted molar refractivity (Wildman–Crippen MR) is 128 cm³/mol. The van der Waals surface area contributed by atoms with Gasteiger partial charge in [0, 0.05) is 21.7 Å². The lowest BCUT2D eigenvalue weighted by Gasteiger charge is -2.09. The highest BCUT2D eigenvalue weighted by Gasteiger charge is 2.22. The van der Waals surface area contributed by atoms with Crippen molar-refractivity contribution in [1.29, 1.82) is 0 Å². The van der Waals surface area contributed by atoms with Crippen molar-refractivity contribution in [3.63, 3.8) is 0 Å². The normalized spacial score (nSPS) is 12.0. The summed E-state index contributed by atoms with van der Waals surface area (Å²) in [4.78, 5) is 24.9. The highest BCUT2D eigenvalue weighted by molar-refractivity contribution is 6.37. The van der Waals surface area contributed by atoms with Crippen molar-refractivity contribution in [3.8, 4) is 11.1 Å². The largest absolute Gasteiger partial charge is 0.450 e. The molecule has 1 atom stereocenters. The fraction of sp³-hybridized carbons (Fsp3) is 0.0833. The van der Waals surface area contributed by atoms with Gasteiger partial charge in [0.15, 0.2) is 5.76 Å². The first-order valence-electron chi connectivity index (χ1n) is 9.73. The molecular formula is C24H19Cl2N3O3. The Kier molecular flexibility index (Phi) is 5.93. The number of rotatable bonds is 5. The van der Waals surface area contributed by atoms with Gasteiger partial charge in [0.25, 0.3) is 0 Å². The summed E-state index contributed by atoms with van der Waals surface area (Å²) in [6.45, 7) is 1.62. The van der Waals surface area contributed by atoms with Crippen molar-refractivity contribution >= 4 is 57.2 Å². The molecule has 0 aliphatic heterocycles. The van der Waals surface area contributed by atoms with Crippen LogP contribution in [0.3, 0.4) is 0 Å². The van der Waals surface area contributed by atoms with Gasteiger partial charge in [-0.15, -0.1) is 0 Å². The molecule has 0 saturated heterocycles. The molecule has 8 heteroatoms. The van der Waals surface area contributed by atoms with Crippen LogP contribution in [0.25, 0.3) is 22.1 Å². The molecular weight excluding hydrogens is 449 g/mol. The van der Waals surface area contributed by atoms with Gasteiger partial charge in [-0.05, 0) is 60.5 Å². The summed E-state index contributed by atoms with van der Waals surface area (Å²) in [6, 6.07) is 16.8. The average molecular weight is 468 g/mol. The molecule has 0 saturated carbocycles. The van der Waals surface area contributed by atoms with Crippen molar-refractivity contribution in [1.82, 2.24) is 0 Å². The molecule has 0 aliphatic carbocycles. The third-order valence-corrected chi connectivity index (χ3v) is 5.54. The van der Waals surface area contributed by atoms with E-state index in [1.54, 1.807) is 31.2 Å². The predicted octanol–water partition coefficient (Wildman–Crippen LogP) is 5.51. The zero-order valence-corrected chi connectivity index (χ0v) is 18.5. The van der Waals surface area contributed by atoms with Crippen LogP contribution in [0.1, 0.15) is 23.0 Å². The molecule has 0 aliphatic rings. The first kappa shape index (κ1) is 21.9. The Labute approximate surface area is 194 Å². The third kappa shape index (κ3) is 4.21. The van der Waals surface area contributed by atoms with Gasteiger partial charge < -0.3 is 21.2 Å². The van der Waals surface area contributed by atoms with E-state index in [1.807, 2.05) is 24.3 Å². The molecule has 0 unspecified atom stereocenters. The van der Waals surface area contributed by atoms with Gasteiger partial charge in [-0.25, -0.2) is 0 Å². The Balaban J connectivity index is 1.70. The molecule has 162 valence electrons. The van der Waals surface area contributed by atoms with Crippen LogP contribution in [0, 0.1) is 0 Å². The van der Waals surface area contributed by atoms with Gasteiger partial charge in [0.2, 0.25) is 11.7 Å². The number of fused-ring (bicyclic) bond motifs is 1. The number of amides is 1. The maximum Gasteiger partial charge on any atom is 0.240 e. The quantitative estimate of drug-likeness (QED) is 0.335. The summed E-state index contributed by atoms with van der Waals surface area (Å²) >= 11 is 12.1. The zero-order valence-electron chi connectivity index (χ0n) is 17.0. The van der Waals surface area contributed by atoms with Crippen LogP contribution in [0.4, 0.5) is 11.4 Å². The molecule has 0 bridgehead atoms. The maximum atomic E-state index is 13.0. The summed E-state index contributed by atoms with van der Waals surface area (Å²) in [7, 11) is 0. The number of halogens is 2. The maximum absolute atomic E-state index is 13.0. The molecule has 0 fully saturated rings. The van der Waals surface area contributed by atoms with Crippen LogP contribution >= 0.6 is 23.2 Å². The summed E-state index contributed by atoms with van der Waals surface area (Å²) < 4.78 is 5.84. The van der Waals surface area contributed by atoms with Crippen LogP contribution in [0.2, 0.25) is 10.0 Å². The Morgan fingerprint density at radius 2 is 1.75 bits per heavy atom. The molecule has 1 aromatic heterocycles. The summed E-state index contributed by atoms with van der Waals surface area (Å²) in [5, 5.41) is 4.03. The number of carbonyl (C=O) groups is 2. The molecule has 5 N–H and O–H groups in total. The zero-order chi connectivity index (χ0) is 23.0.